The zero-order valence-corrected chi connectivity index (χ0v) is 10.4. The molecule has 0 aromatic heterocycles. The van der Waals surface area contributed by atoms with Crippen LogP contribution >= 0.6 is 11.6 Å². The number of nitrogens with two attached hydrogens (primary N) is 1. The van der Waals surface area contributed by atoms with Gasteiger partial charge in [-0.05, 0) is 18.2 Å². The van der Waals surface area contributed by atoms with Gasteiger partial charge in [-0.1, -0.05) is 29.8 Å². The molecule has 16 heavy (non-hydrogen) atoms. The molecule has 1 amide bonds. The maximum absolute atomic E-state index is 11.6. The summed E-state index contributed by atoms with van der Waals surface area (Å²) < 4.78 is 0. The van der Waals surface area contributed by atoms with Crippen molar-refractivity contribution < 1.29 is 4.79 Å². The Morgan fingerprint density at radius 2 is 2.06 bits per heavy atom. The minimum Gasteiger partial charge on any atom is -0.349 e. The molecule has 0 spiro atoms. The van der Waals surface area contributed by atoms with Gasteiger partial charge in [-0.3, -0.25) is 4.79 Å². The molecule has 0 aliphatic carbocycles. The van der Waals surface area contributed by atoms with Crippen LogP contribution in [0.3, 0.4) is 0 Å². The van der Waals surface area contributed by atoms with Gasteiger partial charge < -0.3 is 10.6 Å². The predicted molar refractivity (Wildman–Crippen MR) is 66.6 cm³/mol. The standard InChI is InChI=1S/C12H17ClN2O/c1-15(2)12(16)7-9(8-14)10-5-3-4-6-11(10)13/h3-6,9H,7-8,14H2,1-2H3. The van der Waals surface area contributed by atoms with Crippen LogP contribution in [0.25, 0.3) is 0 Å². The van der Waals surface area contributed by atoms with Crippen LogP contribution < -0.4 is 5.73 Å². The van der Waals surface area contributed by atoms with E-state index in [1.807, 2.05) is 24.3 Å². The first-order valence-corrected chi connectivity index (χ1v) is 5.58. The van der Waals surface area contributed by atoms with Gasteiger partial charge in [-0.2, -0.15) is 0 Å². The van der Waals surface area contributed by atoms with E-state index in [0.717, 1.165) is 5.56 Å². The van der Waals surface area contributed by atoms with E-state index in [9.17, 15) is 4.79 Å². The summed E-state index contributed by atoms with van der Waals surface area (Å²) in [5, 5.41) is 0.671. The van der Waals surface area contributed by atoms with Crippen molar-refractivity contribution in [1.82, 2.24) is 4.90 Å². The number of carbonyl (C=O) groups excluding carboxylic acids is 1. The van der Waals surface area contributed by atoms with Gasteiger partial charge in [0.2, 0.25) is 5.91 Å². The number of halogens is 1. The first-order chi connectivity index (χ1) is 7.56. The van der Waals surface area contributed by atoms with Crippen LogP contribution in [0, 0.1) is 0 Å². The molecular weight excluding hydrogens is 224 g/mol. The molecule has 0 aliphatic heterocycles. The lowest BCUT2D eigenvalue weighted by Crippen LogP contribution is -2.26. The highest BCUT2D eigenvalue weighted by atomic mass is 35.5. The highest BCUT2D eigenvalue weighted by Gasteiger charge is 2.17. The van der Waals surface area contributed by atoms with Crippen molar-refractivity contribution in [3.05, 3.63) is 34.9 Å². The fraction of sp³-hybridized carbons (Fsp3) is 0.417. The van der Waals surface area contributed by atoms with E-state index in [2.05, 4.69) is 0 Å². The van der Waals surface area contributed by atoms with Gasteiger partial charge in [-0.15, -0.1) is 0 Å². The fourth-order valence-electron chi connectivity index (χ4n) is 1.52. The zero-order valence-electron chi connectivity index (χ0n) is 9.61. The van der Waals surface area contributed by atoms with Gasteiger partial charge in [0.15, 0.2) is 0 Å². The smallest absolute Gasteiger partial charge is 0.222 e. The number of amides is 1. The van der Waals surface area contributed by atoms with Crippen molar-refractivity contribution in [3.8, 4) is 0 Å². The molecule has 1 aromatic rings. The van der Waals surface area contributed by atoms with Crippen LogP contribution in [-0.4, -0.2) is 31.4 Å². The van der Waals surface area contributed by atoms with Crippen molar-refractivity contribution in [2.75, 3.05) is 20.6 Å². The Bertz CT molecular complexity index is 366. The Hall–Kier alpha value is -1.06. The summed E-state index contributed by atoms with van der Waals surface area (Å²) in [6.45, 7) is 0.420. The maximum atomic E-state index is 11.6. The van der Waals surface area contributed by atoms with Gasteiger partial charge in [0, 0.05) is 31.5 Å². The second-order valence-corrected chi connectivity index (χ2v) is 4.35. The summed E-state index contributed by atoms with van der Waals surface area (Å²) in [4.78, 5) is 13.2. The Labute approximate surface area is 101 Å². The topological polar surface area (TPSA) is 46.3 Å². The van der Waals surface area contributed by atoms with E-state index < -0.39 is 0 Å². The van der Waals surface area contributed by atoms with Gasteiger partial charge in [0.1, 0.15) is 0 Å². The molecule has 1 atom stereocenters. The molecule has 0 fully saturated rings. The summed E-state index contributed by atoms with van der Waals surface area (Å²) in [6, 6.07) is 7.51. The number of nitrogens with zero attached hydrogens (tertiary/aromatic N) is 1. The normalized spacial score (nSPS) is 12.2. The van der Waals surface area contributed by atoms with Crippen LogP contribution in [0.15, 0.2) is 24.3 Å². The summed E-state index contributed by atoms with van der Waals surface area (Å²) in [6.07, 6.45) is 0.396. The molecule has 88 valence electrons. The molecule has 0 saturated heterocycles. The monoisotopic (exact) mass is 240 g/mol. The van der Waals surface area contributed by atoms with Crippen molar-refractivity contribution in [3.63, 3.8) is 0 Å². The van der Waals surface area contributed by atoms with Crippen LogP contribution in [0.1, 0.15) is 17.9 Å². The molecule has 1 aromatic carbocycles. The van der Waals surface area contributed by atoms with Crippen molar-refractivity contribution in [2.45, 2.75) is 12.3 Å². The summed E-state index contributed by atoms with van der Waals surface area (Å²) in [5.74, 6) is 0.0546. The Morgan fingerprint density at radius 1 is 1.44 bits per heavy atom. The maximum Gasteiger partial charge on any atom is 0.222 e. The van der Waals surface area contributed by atoms with E-state index in [1.165, 1.54) is 0 Å². The van der Waals surface area contributed by atoms with Crippen LogP contribution in [0.2, 0.25) is 5.02 Å². The van der Waals surface area contributed by atoms with Gasteiger partial charge in [0.05, 0.1) is 0 Å². The van der Waals surface area contributed by atoms with Gasteiger partial charge in [-0.25, -0.2) is 0 Å². The zero-order chi connectivity index (χ0) is 12.1. The second-order valence-electron chi connectivity index (χ2n) is 3.95. The lowest BCUT2D eigenvalue weighted by atomic mass is 9.95. The van der Waals surface area contributed by atoms with Crippen molar-refractivity contribution >= 4 is 17.5 Å². The van der Waals surface area contributed by atoms with E-state index in [-0.39, 0.29) is 11.8 Å². The third kappa shape index (κ3) is 3.22. The van der Waals surface area contributed by atoms with Crippen LogP contribution in [0.4, 0.5) is 0 Å². The first-order valence-electron chi connectivity index (χ1n) is 5.21. The van der Waals surface area contributed by atoms with E-state index in [1.54, 1.807) is 19.0 Å². The summed E-state index contributed by atoms with van der Waals surface area (Å²) in [5.41, 5.74) is 6.64. The number of rotatable bonds is 4. The molecular formula is C12H17ClN2O. The molecule has 0 saturated carbocycles. The van der Waals surface area contributed by atoms with Gasteiger partial charge >= 0.3 is 0 Å². The van der Waals surface area contributed by atoms with Crippen LogP contribution in [0.5, 0.6) is 0 Å². The second kappa shape index (κ2) is 5.87. The van der Waals surface area contributed by atoms with E-state index in [4.69, 9.17) is 17.3 Å². The molecule has 0 bridgehead atoms. The lowest BCUT2D eigenvalue weighted by Gasteiger charge is -2.18. The Kier molecular flexibility index (Phi) is 4.77. The summed E-state index contributed by atoms with van der Waals surface area (Å²) >= 11 is 6.08. The average Bonchev–Trinajstić information content (AvgIpc) is 2.26. The molecule has 2 N–H and O–H groups in total. The number of hydrogen-bond acceptors (Lipinski definition) is 2. The van der Waals surface area contributed by atoms with Gasteiger partial charge in [0.25, 0.3) is 0 Å². The molecule has 1 unspecified atom stereocenters. The quantitative estimate of drug-likeness (QED) is 0.873. The largest absolute Gasteiger partial charge is 0.349 e. The van der Waals surface area contributed by atoms with E-state index >= 15 is 0 Å². The average molecular weight is 241 g/mol. The molecule has 0 heterocycles. The number of hydrogen-bond donors (Lipinski definition) is 1. The minimum atomic E-state index is -0.0106. The van der Waals surface area contributed by atoms with E-state index in [0.29, 0.717) is 18.0 Å². The molecule has 3 nitrogen and oxygen atoms in total. The summed E-state index contributed by atoms with van der Waals surface area (Å²) in [7, 11) is 3.48. The Morgan fingerprint density at radius 3 is 2.56 bits per heavy atom. The molecule has 1 rings (SSSR count). The molecule has 0 aliphatic rings. The lowest BCUT2D eigenvalue weighted by molar-refractivity contribution is -0.129. The Balaban J connectivity index is 2.83. The SMILES string of the molecule is CN(C)C(=O)CC(CN)c1ccccc1Cl. The number of carbonyl (C=O) groups is 1. The van der Waals surface area contributed by atoms with Crippen molar-refractivity contribution in [2.24, 2.45) is 5.73 Å². The highest BCUT2D eigenvalue weighted by molar-refractivity contribution is 6.31. The third-order valence-corrected chi connectivity index (χ3v) is 2.89. The molecule has 0 radical (unpaired) electrons. The highest BCUT2D eigenvalue weighted by Crippen LogP contribution is 2.26. The van der Waals surface area contributed by atoms with Crippen molar-refractivity contribution in [1.29, 1.82) is 0 Å². The third-order valence-electron chi connectivity index (χ3n) is 2.55. The predicted octanol–water partition coefficient (Wildman–Crippen LogP) is 1.86. The van der Waals surface area contributed by atoms with Crippen LogP contribution in [-0.2, 0) is 4.79 Å². The number of benzene rings is 1. The molecule has 4 heteroatoms. The fourth-order valence-corrected chi connectivity index (χ4v) is 1.81. The minimum absolute atomic E-state index is 0.0106. The first kappa shape index (κ1) is 13.0.